The summed E-state index contributed by atoms with van der Waals surface area (Å²) in [5.74, 6) is 1.59. The van der Waals surface area contributed by atoms with Crippen LogP contribution in [-0.2, 0) is 6.67 Å². The second-order valence-electron chi connectivity index (χ2n) is 6.55. The molecule has 156 valence electrons. The Bertz CT molecular complexity index is 1240. The van der Waals surface area contributed by atoms with Gasteiger partial charge in [0, 0.05) is 10.2 Å². The summed E-state index contributed by atoms with van der Waals surface area (Å²) in [6.45, 7) is 0.952. The standard InChI is InChI=1S/C21H20BrN3O4S/c1-27-16-7-13(8-17(28-2)19(16)29-3)9-18-20(26)25-12-24(11-23-21(25)30-18)15-6-4-5-14(22)10-15/h4-10H,11-12H2,1-3H3. The van der Waals surface area contributed by atoms with Crippen LogP contribution in [0.25, 0.3) is 6.08 Å². The molecule has 0 radical (unpaired) electrons. The van der Waals surface area contributed by atoms with Gasteiger partial charge >= 0.3 is 0 Å². The molecule has 30 heavy (non-hydrogen) atoms. The van der Waals surface area contributed by atoms with Crippen LogP contribution in [0.4, 0.5) is 5.69 Å². The maximum absolute atomic E-state index is 13.1. The number of rotatable bonds is 5. The van der Waals surface area contributed by atoms with E-state index in [0.717, 1.165) is 15.7 Å². The molecule has 0 atom stereocenters. The van der Waals surface area contributed by atoms with Crippen molar-refractivity contribution in [3.05, 3.63) is 66.1 Å². The molecule has 7 nitrogen and oxygen atoms in total. The van der Waals surface area contributed by atoms with Gasteiger partial charge in [-0.2, -0.15) is 0 Å². The van der Waals surface area contributed by atoms with Gasteiger partial charge in [-0.15, -0.1) is 0 Å². The zero-order valence-corrected chi connectivity index (χ0v) is 19.1. The third-order valence-corrected chi connectivity index (χ3v) is 6.27. The van der Waals surface area contributed by atoms with Crippen LogP contribution in [0.3, 0.4) is 0 Å². The van der Waals surface area contributed by atoms with E-state index in [1.165, 1.54) is 11.3 Å². The highest BCUT2D eigenvalue weighted by Crippen LogP contribution is 2.38. The van der Waals surface area contributed by atoms with E-state index in [1.807, 2.05) is 42.5 Å². The molecule has 0 amide bonds. The van der Waals surface area contributed by atoms with Crippen LogP contribution in [-0.4, -0.2) is 32.6 Å². The second kappa shape index (κ2) is 8.53. The third kappa shape index (κ3) is 3.82. The highest BCUT2D eigenvalue weighted by Gasteiger charge is 2.17. The molecular formula is C21H20BrN3O4S. The monoisotopic (exact) mass is 489 g/mol. The number of hydrogen-bond acceptors (Lipinski definition) is 7. The molecule has 0 N–H and O–H groups in total. The smallest absolute Gasteiger partial charge is 0.271 e. The number of nitrogens with zero attached hydrogens (tertiary/aromatic N) is 3. The molecule has 1 aliphatic rings. The van der Waals surface area contributed by atoms with Gasteiger partial charge in [0.05, 0.1) is 25.9 Å². The Kier molecular flexibility index (Phi) is 5.83. The number of fused-ring (bicyclic) bond motifs is 1. The van der Waals surface area contributed by atoms with Crippen LogP contribution < -0.4 is 34.0 Å². The molecule has 0 saturated heterocycles. The van der Waals surface area contributed by atoms with E-state index in [4.69, 9.17) is 14.2 Å². The molecule has 4 rings (SSSR count). The number of thiazole rings is 1. The lowest BCUT2D eigenvalue weighted by molar-refractivity contribution is 0.324. The fourth-order valence-electron chi connectivity index (χ4n) is 3.28. The Morgan fingerprint density at radius 1 is 1.10 bits per heavy atom. The van der Waals surface area contributed by atoms with Gasteiger partial charge in [-0.05, 0) is 42.0 Å². The maximum Gasteiger partial charge on any atom is 0.271 e. The van der Waals surface area contributed by atoms with E-state index in [0.29, 0.717) is 39.9 Å². The quantitative estimate of drug-likeness (QED) is 0.550. The Hall–Kier alpha value is -2.78. The van der Waals surface area contributed by atoms with Crippen LogP contribution in [0.5, 0.6) is 17.2 Å². The summed E-state index contributed by atoms with van der Waals surface area (Å²) >= 11 is 4.87. The van der Waals surface area contributed by atoms with Crippen LogP contribution in [0, 0.1) is 0 Å². The minimum absolute atomic E-state index is 0.0767. The van der Waals surface area contributed by atoms with Crippen molar-refractivity contribution in [3.8, 4) is 17.2 Å². The van der Waals surface area contributed by atoms with E-state index < -0.39 is 0 Å². The number of benzene rings is 2. The molecule has 1 aliphatic heterocycles. The van der Waals surface area contributed by atoms with Crippen LogP contribution >= 0.6 is 27.3 Å². The molecule has 0 aliphatic carbocycles. The first-order valence-electron chi connectivity index (χ1n) is 9.10. The number of hydrogen-bond donors (Lipinski definition) is 0. The van der Waals surface area contributed by atoms with E-state index >= 15 is 0 Å². The molecule has 0 unspecified atom stereocenters. The fourth-order valence-corrected chi connectivity index (χ4v) is 4.63. The van der Waals surface area contributed by atoms with Crippen molar-refractivity contribution < 1.29 is 14.2 Å². The molecule has 2 heterocycles. The summed E-state index contributed by atoms with van der Waals surface area (Å²) in [4.78, 5) is 20.4. The zero-order valence-electron chi connectivity index (χ0n) is 16.7. The van der Waals surface area contributed by atoms with Gasteiger partial charge in [-0.25, -0.2) is 4.99 Å². The molecular weight excluding hydrogens is 470 g/mol. The van der Waals surface area contributed by atoms with Gasteiger partial charge in [0.1, 0.15) is 13.3 Å². The highest BCUT2D eigenvalue weighted by atomic mass is 79.9. The summed E-state index contributed by atoms with van der Waals surface area (Å²) in [6, 6.07) is 11.6. The number of ether oxygens (including phenoxy) is 3. The van der Waals surface area contributed by atoms with Crippen molar-refractivity contribution in [1.82, 2.24) is 4.57 Å². The Balaban J connectivity index is 1.74. The predicted octanol–water partition coefficient (Wildman–Crippen LogP) is 2.58. The number of aromatic nitrogens is 1. The van der Waals surface area contributed by atoms with Crippen molar-refractivity contribution in [2.75, 3.05) is 32.9 Å². The topological polar surface area (TPSA) is 65.3 Å². The van der Waals surface area contributed by atoms with Crippen molar-refractivity contribution in [1.29, 1.82) is 0 Å². The van der Waals surface area contributed by atoms with Crippen LogP contribution in [0.15, 0.2) is 50.7 Å². The first kappa shape index (κ1) is 20.5. The lowest BCUT2D eigenvalue weighted by Crippen LogP contribution is -2.42. The number of halogens is 1. The Labute approximate surface area is 185 Å². The largest absolute Gasteiger partial charge is 0.493 e. The maximum atomic E-state index is 13.1. The lowest BCUT2D eigenvalue weighted by atomic mass is 10.1. The number of anilines is 1. The summed E-state index contributed by atoms with van der Waals surface area (Å²) in [7, 11) is 4.69. The zero-order chi connectivity index (χ0) is 21.3. The summed E-state index contributed by atoms with van der Waals surface area (Å²) in [5.41, 5.74) is 1.71. The first-order chi connectivity index (χ1) is 14.5. The molecule has 9 heteroatoms. The molecule has 0 fully saturated rings. The molecule has 3 aromatic rings. The van der Waals surface area contributed by atoms with Gasteiger partial charge in [-0.1, -0.05) is 33.3 Å². The summed E-state index contributed by atoms with van der Waals surface area (Å²) in [5, 5.41) is 0. The van der Waals surface area contributed by atoms with Gasteiger partial charge < -0.3 is 19.1 Å². The average Bonchev–Trinajstić information content (AvgIpc) is 3.07. The van der Waals surface area contributed by atoms with E-state index in [-0.39, 0.29) is 5.56 Å². The van der Waals surface area contributed by atoms with Crippen LogP contribution in [0.1, 0.15) is 5.56 Å². The SMILES string of the molecule is COc1cc(C=c2sc3n(c2=O)CN(c2cccc(Br)c2)CN=3)cc(OC)c1OC. The minimum atomic E-state index is -0.0767. The Morgan fingerprint density at radius 2 is 1.83 bits per heavy atom. The number of methoxy groups -OCH3 is 3. The summed E-state index contributed by atoms with van der Waals surface area (Å²) in [6.07, 6.45) is 1.82. The van der Waals surface area contributed by atoms with Crippen molar-refractivity contribution in [2.24, 2.45) is 4.99 Å². The van der Waals surface area contributed by atoms with E-state index in [2.05, 4.69) is 25.8 Å². The Morgan fingerprint density at radius 3 is 2.47 bits per heavy atom. The van der Waals surface area contributed by atoms with Gasteiger partial charge in [-0.3, -0.25) is 9.36 Å². The van der Waals surface area contributed by atoms with Gasteiger partial charge in [0.2, 0.25) is 5.75 Å². The van der Waals surface area contributed by atoms with Crippen molar-refractivity contribution >= 4 is 39.0 Å². The summed E-state index contributed by atoms with van der Waals surface area (Å²) < 4.78 is 19.5. The lowest BCUT2D eigenvalue weighted by Gasteiger charge is -2.25. The third-order valence-electron chi connectivity index (χ3n) is 4.74. The predicted molar refractivity (Wildman–Crippen MR) is 121 cm³/mol. The van der Waals surface area contributed by atoms with Crippen molar-refractivity contribution in [3.63, 3.8) is 0 Å². The minimum Gasteiger partial charge on any atom is -0.493 e. The highest BCUT2D eigenvalue weighted by molar-refractivity contribution is 9.10. The average molecular weight is 490 g/mol. The molecule has 0 bridgehead atoms. The van der Waals surface area contributed by atoms with Crippen LogP contribution in [0.2, 0.25) is 0 Å². The van der Waals surface area contributed by atoms with E-state index in [1.54, 1.807) is 25.9 Å². The van der Waals surface area contributed by atoms with E-state index in [9.17, 15) is 4.79 Å². The molecule has 2 aromatic carbocycles. The fraction of sp³-hybridized carbons (Fsp3) is 0.238. The van der Waals surface area contributed by atoms with Crippen molar-refractivity contribution in [2.45, 2.75) is 6.67 Å². The first-order valence-corrected chi connectivity index (χ1v) is 10.7. The van der Waals surface area contributed by atoms with Gasteiger partial charge in [0.25, 0.3) is 5.56 Å². The second-order valence-corrected chi connectivity index (χ2v) is 8.47. The molecule has 0 spiro atoms. The molecule has 1 aromatic heterocycles. The molecule has 0 saturated carbocycles. The normalized spacial score (nSPS) is 13.6. The van der Waals surface area contributed by atoms with Gasteiger partial charge in [0.15, 0.2) is 16.3 Å².